The fourth-order valence-corrected chi connectivity index (χ4v) is 12.7. The van der Waals surface area contributed by atoms with Gasteiger partial charge in [0.05, 0.1) is 26.4 Å². The summed E-state index contributed by atoms with van der Waals surface area (Å²) in [5.74, 6) is 0.869. The van der Waals surface area contributed by atoms with Crippen molar-refractivity contribution >= 4 is 39.5 Å². The maximum atomic E-state index is 13.0. The van der Waals surface area contributed by atoms with E-state index in [-0.39, 0.29) is 25.7 Å². The van der Waals surface area contributed by atoms with Crippen molar-refractivity contribution in [1.29, 1.82) is 0 Å². The van der Waals surface area contributed by atoms with Crippen LogP contribution >= 0.6 is 15.6 Å². The Morgan fingerprint density at radius 2 is 0.516 bits per heavy atom. The van der Waals surface area contributed by atoms with Gasteiger partial charge in [0.15, 0.2) is 12.2 Å². The van der Waals surface area contributed by atoms with Gasteiger partial charge in [-0.15, -0.1) is 0 Å². The number of aliphatic hydroxyl groups excluding tert-OH is 1. The summed E-state index contributed by atoms with van der Waals surface area (Å²) in [7, 11) is -9.91. The summed E-state index contributed by atoms with van der Waals surface area (Å²) >= 11 is 0. The summed E-state index contributed by atoms with van der Waals surface area (Å²) in [6, 6.07) is 0. The third-order valence-corrected chi connectivity index (χ3v) is 19.3. The number of carbonyl (C=O) groups excluding carboxylic acids is 4. The van der Waals surface area contributed by atoms with Gasteiger partial charge in [0.25, 0.3) is 0 Å². The van der Waals surface area contributed by atoms with Crippen LogP contribution in [-0.2, 0) is 65.4 Å². The number of aliphatic hydroxyl groups is 1. The molecule has 552 valence electrons. The first-order valence-electron chi connectivity index (χ1n) is 38.2. The number of hydrogen-bond donors (Lipinski definition) is 3. The highest BCUT2D eigenvalue weighted by molar-refractivity contribution is 7.47. The molecule has 19 heteroatoms. The zero-order valence-electron chi connectivity index (χ0n) is 60.9. The molecule has 93 heavy (non-hydrogen) atoms. The zero-order valence-corrected chi connectivity index (χ0v) is 62.7. The minimum Gasteiger partial charge on any atom is -0.462 e. The van der Waals surface area contributed by atoms with Crippen molar-refractivity contribution in [3.8, 4) is 0 Å². The van der Waals surface area contributed by atoms with Crippen LogP contribution in [-0.4, -0.2) is 96.7 Å². The predicted octanol–water partition coefficient (Wildman–Crippen LogP) is 21.3. The number of hydrogen-bond acceptors (Lipinski definition) is 15. The molecule has 3 N–H and O–H groups in total. The largest absolute Gasteiger partial charge is 0.472 e. The first-order chi connectivity index (χ1) is 44.6. The number of phosphoric ester groups is 2. The van der Waals surface area contributed by atoms with Crippen molar-refractivity contribution in [3.63, 3.8) is 0 Å². The number of unbranched alkanes of at least 4 members (excludes halogenated alkanes) is 36. The molecule has 0 saturated heterocycles. The van der Waals surface area contributed by atoms with Crippen LogP contribution < -0.4 is 0 Å². The molecular weight excluding hydrogens is 1220 g/mol. The van der Waals surface area contributed by atoms with Gasteiger partial charge in [-0.1, -0.05) is 319 Å². The normalized spacial score (nSPS) is 14.5. The van der Waals surface area contributed by atoms with Crippen LogP contribution in [0.5, 0.6) is 0 Å². The molecule has 0 heterocycles. The molecule has 0 bridgehead atoms. The highest BCUT2D eigenvalue weighted by Gasteiger charge is 2.30. The van der Waals surface area contributed by atoms with Crippen molar-refractivity contribution in [2.45, 2.75) is 388 Å². The van der Waals surface area contributed by atoms with Gasteiger partial charge >= 0.3 is 39.5 Å². The summed E-state index contributed by atoms with van der Waals surface area (Å²) in [5.41, 5.74) is 0. The van der Waals surface area contributed by atoms with Gasteiger partial charge in [0.2, 0.25) is 0 Å². The second-order valence-electron chi connectivity index (χ2n) is 28.4. The van der Waals surface area contributed by atoms with Crippen LogP contribution in [0.4, 0.5) is 0 Å². The molecule has 0 fully saturated rings. The van der Waals surface area contributed by atoms with Crippen molar-refractivity contribution in [2.75, 3.05) is 39.6 Å². The van der Waals surface area contributed by atoms with Gasteiger partial charge in [0.1, 0.15) is 19.3 Å². The zero-order chi connectivity index (χ0) is 68.9. The molecule has 0 amide bonds. The van der Waals surface area contributed by atoms with E-state index in [9.17, 15) is 43.2 Å². The lowest BCUT2D eigenvalue weighted by Crippen LogP contribution is -2.30. The molecule has 0 aromatic rings. The van der Waals surface area contributed by atoms with Crippen LogP contribution in [0.2, 0.25) is 0 Å². The topological polar surface area (TPSA) is 237 Å². The lowest BCUT2D eigenvalue weighted by molar-refractivity contribution is -0.161. The Morgan fingerprint density at radius 3 is 0.763 bits per heavy atom. The molecule has 6 atom stereocenters. The second-order valence-corrected chi connectivity index (χ2v) is 31.3. The maximum absolute atomic E-state index is 13.0. The van der Waals surface area contributed by atoms with Gasteiger partial charge in [-0.3, -0.25) is 37.3 Å². The van der Waals surface area contributed by atoms with E-state index in [1.807, 2.05) is 0 Å². The van der Waals surface area contributed by atoms with E-state index in [0.29, 0.717) is 37.5 Å². The molecule has 17 nitrogen and oxygen atoms in total. The molecule has 0 spiro atoms. The highest BCUT2D eigenvalue weighted by Crippen LogP contribution is 2.45. The van der Waals surface area contributed by atoms with Gasteiger partial charge < -0.3 is 33.8 Å². The Labute approximate surface area is 568 Å². The average Bonchev–Trinajstić information content (AvgIpc) is 3.70. The summed E-state index contributed by atoms with van der Waals surface area (Å²) in [5, 5.41) is 10.6. The third kappa shape index (κ3) is 67.0. The first-order valence-corrected chi connectivity index (χ1v) is 41.2. The van der Waals surface area contributed by atoms with Crippen LogP contribution in [0.15, 0.2) is 0 Å². The molecule has 0 aliphatic heterocycles. The van der Waals surface area contributed by atoms with Crippen molar-refractivity contribution in [3.05, 3.63) is 0 Å². The molecule has 0 aromatic heterocycles. The van der Waals surface area contributed by atoms with Crippen molar-refractivity contribution in [2.24, 2.45) is 23.7 Å². The molecule has 0 radical (unpaired) electrons. The summed E-state index contributed by atoms with van der Waals surface area (Å²) in [6.07, 6.45) is 47.6. The molecule has 0 rings (SSSR count). The molecule has 0 aromatic carbocycles. The van der Waals surface area contributed by atoms with Crippen LogP contribution in [0.1, 0.15) is 370 Å². The SMILES string of the molecule is CCC(C)CCCCCCCCCCCCCCCCCCCCC(=O)O[C@H](COC(=O)CCCCCCCCCC(C)C)COP(=O)(O)OCC(O)COP(=O)(O)OC[C@@H](COC(=O)CCCCCCCCCCC(C)C)OC(=O)CCCCCCCCCC(C)C. The van der Waals surface area contributed by atoms with E-state index in [2.05, 4.69) is 55.4 Å². The van der Waals surface area contributed by atoms with Crippen LogP contribution in [0, 0.1) is 23.7 Å². The Kier molecular flexibility index (Phi) is 62.2. The first kappa shape index (κ1) is 91.1. The lowest BCUT2D eigenvalue weighted by atomic mass is 9.99. The lowest BCUT2D eigenvalue weighted by Gasteiger charge is -2.21. The fourth-order valence-electron chi connectivity index (χ4n) is 11.2. The van der Waals surface area contributed by atoms with E-state index >= 15 is 0 Å². The quantitative estimate of drug-likeness (QED) is 0.0222. The maximum Gasteiger partial charge on any atom is 0.472 e. The molecule has 4 unspecified atom stereocenters. The van der Waals surface area contributed by atoms with Gasteiger partial charge in [-0.25, -0.2) is 9.13 Å². The Bertz CT molecular complexity index is 1840. The monoisotopic (exact) mass is 1370 g/mol. The van der Waals surface area contributed by atoms with Crippen molar-refractivity contribution in [1.82, 2.24) is 0 Å². The van der Waals surface area contributed by atoms with E-state index in [1.165, 1.54) is 167 Å². The molecule has 0 aliphatic rings. The smallest absolute Gasteiger partial charge is 0.462 e. The molecular formula is C74H144O17P2. The highest BCUT2D eigenvalue weighted by atomic mass is 31.2. The average molecular weight is 1370 g/mol. The van der Waals surface area contributed by atoms with E-state index < -0.39 is 97.5 Å². The minimum atomic E-state index is -4.95. The second kappa shape index (κ2) is 63.5. The van der Waals surface area contributed by atoms with Crippen LogP contribution in [0.25, 0.3) is 0 Å². The third-order valence-electron chi connectivity index (χ3n) is 17.4. The Morgan fingerprint density at radius 1 is 0.301 bits per heavy atom. The van der Waals surface area contributed by atoms with Crippen LogP contribution in [0.3, 0.4) is 0 Å². The standard InChI is InChI=1S/C74H144O17P2/c1-9-67(8)53-45-37-29-20-18-16-14-12-10-11-13-15-17-19-21-31-40-48-56-73(78)90-69(61-85-72(77)55-47-39-32-24-27-35-43-51-65(4)5)62-88-92(80,81)86-58-68(75)59-87-93(82,83)89-63-70(91-74(79)57-49-41-33-25-28-36-44-52-66(6)7)60-84-71(76)54-46-38-30-23-22-26-34-42-50-64(2)3/h64-70,75H,9-63H2,1-8H3,(H,80,81)(H,82,83)/t67?,68?,69-,70-/m1/s1. The molecule has 0 saturated carbocycles. The van der Waals surface area contributed by atoms with E-state index in [1.54, 1.807) is 0 Å². The number of rotatable bonds is 71. The Balaban J connectivity index is 5.15. The summed E-state index contributed by atoms with van der Waals surface area (Å²) in [4.78, 5) is 72.6. The van der Waals surface area contributed by atoms with Gasteiger partial charge in [0, 0.05) is 25.7 Å². The van der Waals surface area contributed by atoms with Gasteiger partial charge in [-0.2, -0.15) is 0 Å². The number of esters is 4. The fraction of sp³-hybridized carbons (Fsp3) is 0.946. The van der Waals surface area contributed by atoms with E-state index in [4.69, 9.17) is 37.0 Å². The predicted molar refractivity (Wildman–Crippen MR) is 377 cm³/mol. The summed E-state index contributed by atoms with van der Waals surface area (Å²) < 4.78 is 68.3. The molecule has 0 aliphatic carbocycles. The summed E-state index contributed by atoms with van der Waals surface area (Å²) in [6.45, 7) is 14.1. The van der Waals surface area contributed by atoms with Gasteiger partial charge in [-0.05, 0) is 49.4 Å². The minimum absolute atomic E-state index is 0.102. The Hall–Kier alpha value is -1.94. The number of ether oxygens (including phenoxy) is 4. The number of carbonyl (C=O) groups is 4. The number of phosphoric acid groups is 2. The van der Waals surface area contributed by atoms with Crippen molar-refractivity contribution < 1.29 is 80.2 Å². The van der Waals surface area contributed by atoms with E-state index in [0.717, 1.165) is 108 Å².